The Morgan fingerprint density at radius 1 is 1.38 bits per heavy atom. The number of hydrogen-bond acceptors (Lipinski definition) is 4. The average molecular weight is 294 g/mol. The van der Waals surface area contributed by atoms with Crippen molar-refractivity contribution < 1.29 is 5.11 Å². The van der Waals surface area contributed by atoms with Gasteiger partial charge in [-0.25, -0.2) is 4.68 Å². The Bertz CT molecular complexity index is 399. The second kappa shape index (κ2) is 8.49. The number of piperidine rings is 1. The fourth-order valence-electron chi connectivity index (χ4n) is 3.26. The Hall–Kier alpha value is -0.940. The first-order chi connectivity index (χ1) is 10.2. The molecule has 0 spiro atoms. The first-order valence-electron chi connectivity index (χ1n) is 8.46. The monoisotopic (exact) mass is 294 g/mol. The second-order valence-electron chi connectivity index (χ2n) is 6.44. The van der Waals surface area contributed by atoms with E-state index in [2.05, 4.69) is 35.3 Å². The number of rotatable bonds is 8. The lowest BCUT2D eigenvalue weighted by Crippen LogP contribution is -2.37. The third kappa shape index (κ3) is 5.08. The Morgan fingerprint density at radius 2 is 2.14 bits per heavy atom. The van der Waals surface area contributed by atoms with Crippen molar-refractivity contribution in [1.29, 1.82) is 0 Å². The van der Waals surface area contributed by atoms with Crippen LogP contribution in [0.3, 0.4) is 0 Å². The summed E-state index contributed by atoms with van der Waals surface area (Å²) in [5, 5.41) is 17.3. The van der Waals surface area contributed by atoms with Crippen molar-refractivity contribution in [2.45, 2.75) is 58.4 Å². The summed E-state index contributed by atoms with van der Waals surface area (Å²) < 4.78 is 2.04. The van der Waals surface area contributed by atoms with Gasteiger partial charge in [-0.2, -0.15) is 0 Å². The van der Waals surface area contributed by atoms with Gasteiger partial charge < -0.3 is 10.0 Å². The van der Waals surface area contributed by atoms with Crippen LogP contribution in [0.5, 0.6) is 0 Å². The fourth-order valence-corrected chi connectivity index (χ4v) is 3.26. The van der Waals surface area contributed by atoms with Crippen LogP contribution in [-0.2, 0) is 6.42 Å². The largest absolute Gasteiger partial charge is 0.396 e. The lowest BCUT2D eigenvalue weighted by molar-refractivity contribution is 0.157. The summed E-state index contributed by atoms with van der Waals surface area (Å²) in [4.78, 5) is 2.60. The van der Waals surface area contributed by atoms with Gasteiger partial charge in [-0.3, -0.25) is 0 Å². The number of aliphatic hydroxyl groups is 1. The number of aliphatic hydroxyl groups excluding tert-OH is 1. The zero-order valence-electron chi connectivity index (χ0n) is 13.5. The van der Waals surface area contributed by atoms with Crippen LogP contribution in [0.1, 0.15) is 57.7 Å². The maximum absolute atomic E-state index is 8.86. The van der Waals surface area contributed by atoms with Gasteiger partial charge in [0.15, 0.2) is 0 Å². The van der Waals surface area contributed by atoms with E-state index in [0.717, 1.165) is 24.5 Å². The maximum Gasteiger partial charge on any atom is 0.0828 e. The highest BCUT2D eigenvalue weighted by molar-refractivity contribution is 4.94. The van der Waals surface area contributed by atoms with Crippen molar-refractivity contribution in [2.75, 3.05) is 26.2 Å². The molecule has 1 atom stereocenters. The van der Waals surface area contributed by atoms with Crippen molar-refractivity contribution >= 4 is 0 Å². The van der Waals surface area contributed by atoms with Gasteiger partial charge in [0.25, 0.3) is 0 Å². The van der Waals surface area contributed by atoms with Gasteiger partial charge in [-0.15, -0.1) is 5.10 Å². The normalized spacial score (nSPS) is 19.0. The van der Waals surface area contributed by atoms with E-state index in [-0.39, 0.29) is 6.61 Å². The molecule has 1 saturated heterocycles. The average Bonchev–Trinajstić information content (AvgIpc) is 2.95. The molecule has 2 rings (SSSR count). The predicted octanol–water partition coefficient (Wildman–Crippen LogP) is 2.28. The van der Waals surface area contributed by atoms with E-state index >= 15 is 0 Å². The van der Waals surface area contributed by atoms with Crippen molar-refractivity contribution in [1.82, 2.24) is 19.9 Å². The van der Waals surface area contributed by atoms with E-state index in [1.54, 1.807) is 0 Å². The lowest BCUT2D eigenvalue weighted by Gasteiger charge is -2.33. The summed E-state index contributed by atoms with van der Waals surface area (Å²) >= 11 is 0. The number of aryl methyl sites for hydroxylation is 1. The van der Waals surface area contributed by atoms with Crippen molar-refractivity contribution in [3.05, 3.63) is 11.9 Å². The minimum atomic E-state index is 0.223. The van der Waals surface area contributed by atoms with Crippen LogP contribution in [0.2, 0.25) is 0 Å². The number of aromatic nitrogens is 3. The number of likely N-dealkylation sites (tertiary alicyclic amines) is 1. The molecule has 1 aromatic rings. The van der Waals surface area contributed by atoms with Crippen LogP contribution in [-0.4, -0.2) is 51.2 Å². The molecule has 1 N–H and O–H groups in total. The molecule has 1 fully saturated rings. The van der Waals surface area contributed by atoms with Crippen molar-refractivity contribution in [2.24, 2.45) is 5.92 Å². The zero-order valence-corrected chi connectivity index (χ0v) is 13.5. The van der Waals surface area contributed by atoms with E-state index in [1.165, 1.54) is 45.3 Å². The van der Waals surface area contributed by atoms with Gasteiger partial charge >= 0.3 is 0 Å². The molecule has 21 heavy (non-hydrogen) atoms. The third-order valence-corrected chi connectivity index (χ3v) is 4.43. The molecule has 1 aromatic heterocycles. The van der Waals surface area contributed by atoms with Crippen molar-refractivity contribution in [3.8, 4) is 0 Å². The molecule has 0 radical (unpaired) electrons. The van der Waals surface area contributed by atoms with E-state index in [4.69, 9.17) is 5.11 Å². The van der Waals surface area contributed by atoms with E-state index < -0.39 is 0 Å². The summed E-state index contributed by atoms with van der Waals surface area (Å²) in [7, 11) is 0. The summed E-state index contributed by atoms with van der Waals surface area (Å²) in [5.74, 6) is 0.808. The molecule has 0 bridgehead atoms. The first-order valence-corrected chi connectivity index (χ1v) is 8.46. The molecule has 0 aliphatic carbocycles. The standard InChI is InChI=1S/C16H30N4O/c1-3-5-14(2)12-19-9-7-16(8-10-19)20-13-15(17-18-20)6-4-11-21/h13-14,16,21H,3-12H2,1-2H3/t14-/m0/s1. The van der Waals surface area contributed by atoms with Gasteiger partial charge in [0.2, 0.25) is 0 Å². The minimum Gasteiger partial charge on any atom is -0.396 e. The van der Waals surface area contributed by atoms with E-state index in [0.29, 0.717) is 6.04 Å². The summed E-state index contributed by atoms with van der Waals surface area (Å²) in [6.07, 6.45) is 8.61. The third-order valence-electron chi connectivity index (χ3n) is 4.43. The Labute approximate surface area is 128 Å². The van der Waals surface area contributed by atoms with Gasteiger partial charge in [-0.1, -0.05) is 25.5 Å². The molecular weight excluding hydrogens is 264 g/mol. The second-order valence-corrected chi connectivity index (χ2v) is 6.44. The molecule has 2 heterocycles. The predicted molar refractivity (Wildman–Crippen MR) is 84.2 cm³/mol. The maximum atomic E-state index is 8.86. The van der Waals surface area contributed by atoms with Gasteiger partial charge in [0.1, 0.15) is 0 Å². The molecule has 1 aliphatic heterocycles. The van der Waals surface area contributed by atoms with Crippen LogP contribution < -0.4 is 0 Å². The quantitative estimate of drug-likeness (QED) is 0.799. The van der Waals surface area contributed by atoms with Crippen LogP contribution in [0.25, 0.3) is 0 Å². The highest BCUT2D eigenvalue weighted by atomic mass is 16.2. The molecule has 0 amide bonds. The van der Waals surface area contributed by atoms with Gasteiger partial charge in [0.05, 0.1) is 11.7 Å². The van der Waals surface area contributed by atoms with Gasteiger partial charge in [0, 0.05) is 32.4 Å². The van der Waals surface area contributed by atoms with Crippen LogP contribution in [0.4, 0.5) is 0 Å². The van der Waals surface area contributed by atoms with Crippen molar-refractivity contribution in [3.63, 3.8) is 0 Å². The van der Waals surface area contributed by atoms with Crippen LogP contribution >= 0.6 is 0 Å². The Balaban J connectivity index is 1.76. The van der Waals surface area contributed by atoms with Gasteiger partial charge in [-0.05, 0) is 38.0 Å². The topological polar surface area (TPSA) is 54.2 Å². The molecular formula is C16H30N4O. The van der Waals surface area contributed by atoms with Crippen LogP contribution in [0, 0.1) is 5.92 Å². The summed E-state index contributed by atoms with van der Waals surface area (Å²) in [6.45, 7) is 8.43. The molecule has 0 saturated carbocycles. The summed E-state index contributed by atoms with van der Waals surface area (Å²) in [5.41, 5.74) is 1.00. The first kappa shape index (κ1) is 16.4. The van der Waals surface area contributed by atoms with E-state index in [9.17, 15) is 0 Å². The lowest BCUT2D eigenvalue weighted by atomic mass is 10.0. The Kier molecular flexibility index (Phi) is 6.64. The molecule has 5 heteroatoms. The minimum absolute atomic E-state index is 0.223. The smallest absolute Gasteiger partial charge is 0.0828 e. The molecule has 0 aromatic carbocycles. The SMILES string of the molecule is CCC[C@H](C)CN1CCC(n2cc(CCCO)nn2)CC1. The van der Waals surface area contributed by atoms with Crippen LogP contribution in [0.15, 0.2) is 6.20 Å². The molecule has 0 unspecified atom stereocenters. The summed E-state index contributed by atoms with van der Waals surface area (Å²) in [6, 6.07) is 0.498. The number of nitrogens with zero attached hydrogens (tertiary/aromatic N) is 4. The fraction of sp³-hybridized carbons (Fsp3) is 0.875. The highest BCUT2D eigenvalue weighted by Gasteiger charge is 2.22. The highest BCUT2D eigenvalue weighted by Crippen LogP contribution is 2.23. The number of hydrogen-bond donors (Lipinski definition) is 1. The Morgan fingerprint density at radius 3 is 2.81 bits per heavy atom. The molecule has 5 nitrogen and oxygen atoms in total. The molecule has 120 valence electrons. The van der Waals surface area contributed by atoms with E-state index in [1.807, 2.05) is 4.68 Å². The molecule has 1 aliphatic rings. The zero-order chi connectivity index (χ0) is 15.1.